The van der Waals surface area contributed by atoms with Gasteiger partial charge < -0.3 is 5.11 Å². The van der Waals surface area contributed by atoms with Gasteiger partial charge >= 0.3 is 0 Å². The van der Waals surface area contributed by atoms with Crippen LogP contribution in [0, 0.1) is 0 Å². The molecule has 0 rings (SSSR count). The first-order valence-corrected chi connectivity index (χ1v) is 6.01. The zero-order valence-corrected chi connectivity index (χ0v) is 9.64. The molecule has 0 spiro atoms. The Morgan fingerprint density at radius 3 is 2.00 bits per heavy atom. The molecule has 0 saturated carbocycles. The van der Waals surface area contributed by atoms with E-state index in [9.17, 15) is 13.5 Å². The van der Waals surface area contributed by atoms with Crippen molar-refractivity contribution in [2.75, 3.05) is 6.26 Å². The quantitative estimate of drug-likeness (QED) is 0.704. The summed E-state index contributed by atoms with van der Waals surface area (Å²) in [4.78, 5) is 0. The molecular weight excluding hydrogens is 188 g/mol. The van der Waals surface area contributed by atoms with Crippen LogP contribution >= 0.6 is 0 Å². The molecule has 4 heteroatoms. The highest BCUT2D eigenvalue weighted by Gasteiger charge is 2.36. The zero-order chi connectivity index (χ0) is 10.9. The summed E-state index contributed by atoms with van der Waals surface area (Å²) in [5.41, 5.74) is 0.907. The lowest BCUT2D eigenvalue weighted by atomic mass is 10.0. The van der Waals surface area contributed by atoms with E-state index in [0.717, 1.165) is 11.8 Å². The van der Waals surface area contributed by atoms with Crippen molar-refractivity contribution in [3.05, 3.63) is 11.6 Å². The number of hydrogen-bond donors (Lipinski definition) is 1. The Balaban J connectivity index is 4.97. The van der Waals surface area contributed by atoms with Gasteiger partial charge in [-0.05, 0) is 27.7 Å². The fraction of sp³-hybridized carbons (Fsp3) is 0.778. The number of sulfone groups is 1. The minimum Gasteiger partial charge on any atom is -0.387 e. The molecule has 0 aromatic heterocycles. The van der Waals surface area contributed by atoms with Crippen LogP contribution in [0.1, 0.15) is 27.7 Å². The third-order valence-corrected chi connectivity index (χ3v) is 4.31. The maximum atomic E-state index is 11.3. The topological polar surface area (TPSA) is 54.4 Å². The summed E-state index contributed by atoms with van der Waals surface area (Å²) in [7, 11) is -3.24. The van der Waals surface area contributed by atoms with Gasteiger partial charge in [-0.25, -0.2) is 8.42 Å². The van der Waals surface area contributed by atoms with Crippen LogP contribution in [-0.2, 0) is 9.84 Å². The van der Waals surface area contributed by atoms with Crippen LogP contribution in [0.25, 0.3) is 0 Å². The molecule has 0 amide bonds. The maximum absolute atomic E-state index is 11.3. The smallest absolute Gasteiger partial charge is 0.155 e. The van der Waals surface area contributed by atoms with Crippen LogP contribution in [0.4, 0.5) is 0 Å². The normalized spacial score (nSPS) is 15.2. The number of rotatable bonds is 3. The Kier molecular flexibility index (Phi) is 3.70. The minimum absolute atomic E-state index is 0.907. The van der Waals surface area contributed by atoms with Crippen LogP contribution < -0.4 is 0 Å². The SMILES string of the molecule is CC(C)=CC(O)C(C)(C)S(C)(=O)=O. The second kappa shape index (κ2) is 3.80. The first-order valence-electron chi connectivity index (χ1n) is 4.11. The molecule has 0 aromatic rings. The molecule has 78 valence electrons. The van der Waals surface area contributed by atoms with Crippen molar-refractivity contribution < 1.29 is 13.5 Å². The van der Waals surface area contributed by atoms with Crippen LogP contribution in [0.2, 0.25) is 0 Å². The van der Waals surface area contributed by atoms with Gasteiger partial charge in [0.2, 0.25) is 0 Å². The summed E-state index contributed by atoms with van der Waals surface area (Å²) in [5.74, 6) is 0. The predicted octanol–water partition coefficient (Wildman–Crippen LogP) is 1.14. The Labute approximate surface area is 80.4 Å². The molecule has 0 aromatic carbocycles. The predicted molar refractivity (Wildman–Crippen MR) is 54.4 cm³/mol. The van der Waals surface area contributed by atoms with E-state index in [0.29, 0.717) is 0 Å². The average Bonchev–Trinajstić information content (AvgIpc) is 1.82. The monoisotopic (exact) mass is 206 g/mol. The summed E-state index contributed by atoms with van der Waals surface area (Å²) >= 11 is 0. The third kappa shape index (κ3) is 3.12. The van der Waals surface area contributed by atoms with Crippen LogP contribution in [0.15, 0.2) is 11.6 Å². The molecule has 3 nitrogen and oxygen atoms in total. The van der Waals surface area contributed by atoms with Crippen LogP contribution in [0.5, 0.6) is 0 Å². The standard InChI is InChI=1S/C9H18O3S/c1-7(2)6-8(10)9(3,4)13(5,11)12/h6,8,10H,1-5H3. The van der Waals surface area contributed by atoms with Crippen molar-refractivity contribution in [1.82, 2.24) is 0 Å². The van der Waals surface area contributed by atoms with Gasteiger partial charge in [0.15, 0.2) is 9.84 Å². The van der Waals surface area contributed by atoms with Gasteiger partial charge in [-0.15, -0.1) is 0 Å². The van der Waals surface area contributed by atoms with E-state index in [4.69, 9.17) is 0 Å². The van der Waals surface area contributed by atoms with Gasteiger partial charge in [-0.1, -0.05) is 11.6 Å². The molecule has 1 N–H and O–H groups in total. The average molecular weight is 206 g/mol. The van der Waals surface area contributed by atoms with E-state index >= 15 is 0 Å². The molecule has 0 saturated heterocycles. The van der Waals surface area contributed by atoms with Gasteiger partial charge in [0.25, 0.3) is 0 Å². The molecule has 1 unspecified atom stereocenters. The van der Waals surface area contributed by atoms with Crippen molar-refractivity contribution in [3.8, 4) is 0 Å². The van der Waals surface area contributed by atoms with E-state index in [2.05, 4.69) is 0 Å². The first kappa shape index (κ1) is 12.7. The van der Waals surface area contributed by atoms with Crippen molar-refractivity contribution in [3.63, 3.8) is 0 Å². The molecule has 0 aliphatic carbocycles. The van der Waals surface area contributed by atoms with Gasteiger partial charge in [-0.2, -0.15) is 0 Å². The van der Waals surface area contributed by atoms with Crippen molar-refractivity contribution >= 4 is 9.84 Å². The van der Waals surface area contributed by atoms with E-state index < -0.39 is 20.7 Å². The Morgan fingerprint density at radius 1 is 1.38 bits per heavy atom. The van der Waals surface area contributed by atoms with Crippen molar-refractivity contribution in [1.29, 1.82) is 0 Å². The maximum Gasteiger partial charge on any atom is 0.155 e. The lowest BCUT2D eigenvalue weighted by molar-refractivity contribution is 0.183. The molecule has 0 fully saturated rings. The summed E-state index contributed by atoms with van der Waals surface area (Å²) in [6.45, 7) is 6.68. The second-order valence-electron chi connectivity index (χ2n) is 4.06. The summed E-state index contributed by atoms with van der Waals surface area (Å²) in [6.07, 6.45) is 1.74. The summed E-state index contributed by atoms with van der Waals surface area (Å²) in [5, 5.41) is 9.63. The molecule has 0 aliphatic heterocycles. The van der Waals surface area contributed by atoms with E-state index in [1.165, 1.54) is 13.8 Å². The van der Waals surface area contributed by atoms with Crippen LogP contribution in [-0.4, -0.2) is 30.6 Å². The van der Waals surface area contributed by atoms with Gasteiger partial charge in [-0.3, -0.25) is 0 Å². The third-order valence-electron chi connectivity index (χ3n) is 2.16. The Bertz CT molecular complexity index is 295. The first-order chi connectivity index (χ1) is 5.59. The fourth-order valence-corrected chi connectivity index (χ4v) is 1.24. The molecular formula is C9H18O3S. The van der Waals surface area contributed by atoms with E-state index in [1.54, 1.807) is 6.08 Å². The van der Waals surface area contributed by atoms with Crippen molar-refractivity contribution in [2.45, 2.75) is 38.5 Å². The zero-order valence-electron chi connectivity index (χ0n) is 8.83. The van der Waals surface area contributed by atoms with Gasteiger partial charge in [0, 0.05) is 6.26 Å². The lowest BCUT2D eigenvalue weighted by Gasteiger charge is -2.26. The molecule has 0 heterocycles. The highest BCUT2D eigenvalue weighted by Crippen LogP contribution is 2.21. The highest BCUT2D eigenvalue weighted by molar-refractivity contribution is 7.92. The number of hydrogen-bond acceptors (Lipinski definition) is 3. The number of aliphatic hydroxyl groups is 1. The minimum atomic E-state index is -3.24. The van der Waals surface area contributed by atoms with Gasteiger partial charge in [0.05, 0.1) is 10.9 Å². The molecule has 1 atom stereocenters. The Hall–Kier alpha value is -0.350. The van der Waals surface area contributed by atoms with E-state index in [1.807, 2.05) is 13.8 Å². The molecule has 0 bridgehead atoms. The molecule has 13 heavy (non-hydrogen) atoms. The molecule has 0 radical (unpaired) electrons. The van der Waals surface area contributed by atoms with Crippen LogP contribution in [0.3, 0.4) is 0 Å². The number of allylic oxidation sites excluding steroid dienone is 1. The summed E-state index contributed by atoms with van der Waals surface area (Å²) < 4.78 is 21.5. The van der Waals surface area contributed by atoms with E-state index in [-0.39, 0.29) is 0 Å². The highest BCUT2D eigenvalue weighted by atomic mass is 32.2. The lowest BCUT2D eigenvalue weighted by Crippen LogP contribution is -2.42. The second-order valence-corrected chi connectivity index (χ2v) is 6.66. The number of aliphatic hydroxyl groups excluding tert-OH is 1. The Morgan fingerprint density at radius 2 is 1.77 bits per heavy atom. The fourth-order valence-electron chi connectivity index (χ4n) is 0.736. The van der Waals surface area contributed by atoms with Gasteiger partial charge in [0.1, 0.15) is 0 Å². The summed E-state index contributed by atoms with van der Waals surface area (Å²) in [6, 6.07) is 0. The van der Waals surface area contributed by atoms with Crippen molar-refractivity contribution in [2.24, 2.45) is 0 Å². The largest absolute Gasteiger partial charge is 0.387 e. The molecule has 0 aliphatic rings.